The van der Waals surface area contributed by atoms with Crippen molar-refractivity contribution in [1.82, 2.24) is 20.4 Å². The first-order chi connectivity index (χ1) is 14.6. The lowest BCUT2D eigenvalue weighted by Crippen LogP contribution is -2.48. The molecule has 0 spiro atoms. The number of nitrogens with one attached hydrogen (secondary N) is 2. The standard InChI is InChI=1S/C24H39N5O/c1-3-25-24(26-14-11-23(30)29-15-7-8-20(2)18-29)27-22-12-16-28(17-13-22)19-21-9-5-4-6-10-21/h4-6,9-10,20,22H,3,7-8,11-19H2,1-2H3,(H2,25,26,27). The van der Waals surface area contributed by atoms with E-state index in [1.54, 1.807) is 0 Å². The van der Waals surface area contributed by atoms with Crippen molar-refractivity contribution in [3.63, 3.8) is 0 Å². The number of hydrogen-bond donors (Lipinski definition) is 2. The molecule has 0 bridgehead atoms. The molecule has 0 radical (unpaired) electrons. The molecule has 2 fully saturated rings. The van der Waals surface area contributed by atoms with Gasteiger partial charge in [0.2, 0.25) is 5.91 Å². The lowest BCUT2D eigenvalue weighted by Gasteiger charge is -2.33. The largest absolute Gasteiger partial charge is 0.357 e. The topological polar surface area (TPSA) is 60.0 Å². The SMILES string of the molecule is CCNC(=NCCC(=O)N1CCCC(C)C1)NC1CCN(Cc2ccccc2)CC1. The minimum Gasteiger partial charge on any atom is -0.357 e. The summed E-state index contributed by atoms with van der Waals surface area (Å²) in [6.45, 7) is 10.7. The van der Waals surface area contributed by atoms with Crippen LogP contribution in [0.15, 0.2) is 35.3 Å². The number of aliphatic imine (C=N–C) groups is 1. The smallest absolute Gasteiger partial charge is 0.224 e. The van der Waals surface area contributed by atoms with E-state index in [1.165, 1.54) is 12.0 Å². The van der Waals surface area contributed by atoms with E-state index >= 15 is 0 Å². The van der Waals surface area contributed by atoms with Gasteiger partial charge in [-0.1, -0.05) is 37.3 Å². The van der Waals surface area contributed by atoms with Gasteiger partial charge in [-0.15, -0.1) is 0 Å². The van der Waals surface area contributed by atoms with E-state index in [0.717, 1.165) is 64.5 Å². The van der Waals surface area contributed by atoms with Crippen LogP contribution in [0.4, 0.5) is 0 Å². The zero-order valence-electron chi connectivity index (χ0n) is 18.8. The number of guanidine groups is 1. The first kappa shape index (κ1) is 22.6. The number of carbonyl (C=O) groups is 1. The van der Waals surface area contributed by atoms with Crippen LogP contribution in [-0.4, -0.2) is 67.0 Å². The van der Waals surface area contributed by atoms with Gasteiger partial charge in [0, 0.05) is 51.7 Å². The van der Waals surface area contributed by atoms with E-state index in [-0.39, 0.29) is 5.91 Å². The average Bonchev–Trinajstić information content (AvgIpc) is 2.76. The van der Waals surface area contributed by atoms with Crippen molar-refractivity contribution in [3.05, 3.63) is 35.9 Å². The molecular weight excluding hydrogens is 374 g/mol. The van der Waals surface area contributed by atoms with E-state index < -0.39 is 0 Å². The van der Waals surface area contributed by atoms with Gasteiger partial charge in [0.25, 0.3) is 0 Å². The number of carbonyl (C=O) groups excluding carboxylic acids is 1. The molecule has 1 atom stereocenters. The van der Waals surface area contributed by atoms with Gasteiger partial charge in [-0.3, -0.25) is 14.7 Å². The molecule has 2 heterocycles. The highest BCUT2D eigenvalue weighted by molar-refractivity contribution is 5.81. The summed E-state index contributed by atoms with van der Waals surface area (Å²) in [4.78, 5) is 21.7. The van der Waals surface area contributed by atoms with Gasteiger partial charge >= 0.3 is 0 Å². The Hall–Kier alpha value is -2.08. The Kier molecular flexibility index (Phi) is 9.00. The molecule has 6 heteroatoms. The van der Waals surface area contributed by atoms with Gasteiger partial charge in [0.05, 0.1) is 6.54 Å². The molecule has 2 N–H and O–H groups in total. The van der Waals surface area contributed by atoms with Crippen LogP contribution in [0, 0.1) is 5.92 Å². The average molecular weight is 414 g/mol. The second kappa shape index (κ2) is 11.9. The van der Waals surface area contributed by atoms with Crippen LogP contribution in [0.5, 0.6) is 0 Å². The second-order valence-corrected chi connectivity index (χ2v) is 8.78. The molecule has 1 aromatic rings. The van der Waals surface area contributed by atoms with Crippen LogP contribution in [0.2, 0.25) is 0 Å². The fourth-order valence-electron chi connectivity index (χ4n) is 4.43. The molecule has 3 rings (SSSR count). The third kappa shape index (κ3) is 7.31. The fraction of sp³-hybridized carbons (Fsp3) is 0.667. The minimum absolute atomic E-state index is 0.246. The minimum atomic E-state index is 0.246. The van der Waals surface area contributed by atoms with Crippen molar-refractivity contribution in [3.8, 4) is 0 Å². The molecule has 0 saturated carbocycles. The first-order valence-electron chi connectivity index (χ1n) is 11.7. The van der Waals surface area contributed by atoms with Crippen molar-refractivity contribution in [2.24, 2.45) is 10.9 Å². The third-order valence-electron chi connectivity index (χ3n) is 6.13. The predicted octanol–water partition coefficient (Wildman–Crippen LogP) is 2.85. The molecule has 2 aliphatic rings. The number of nitrogens with zero attached hydrogens (tertiary/aromatic N) is 3. The molecule has 1 unspecified atom stereocenters. The maximum atomic E-state index is 12.5. The van der Waals surface area contributed by atoms with Crippen molar-refractivity contribution in [1.29, 1.82) is 0 Å². The van der Waals surface area contributed by atoms with Gasteiger partial charge in [-0.25, -0.2) is 0 Å². The quantitative estimate of drug-likeness (QED) is 0.533. The summed E-state index contributed by atoms with van der Waals surface area (Å²) in [5.74, 6) is 1.71. The normalized spacial score (nSPS) is 21.5. The molecule has 1 amide bonds. The zero-order chi connectivity index (χ0) is 21.2. The van der Waals surface area contributed by atoms with Crippen molar-refractivity contribution >= 4 is 11.9 Å². The molecule has 30 heavy (non-hydrogen) atoms. The summed E-state index contributed by atoms with van der Waals surface area (Å²) in [6, 6.07) is 11.1. The fourth-order valence-corrected chi connectivity index (χ4v) is 4.43. The Bertz CT molecular complexity index is 669. The monoisotopic (exact) mass is 413 g/mol. The number of likely N-dealkylation sites (tertiary alicyclic amines) is 2. The van der Waals surface area contributed by atoms with Crippen LogP contribution in [0.3, 0.4) is 0 Å². The van der Waals surface area contributed by atoms with Gasteiger partial charge in [0.15, 0.2) is 5.96 Å². The van der Waals surface area contributed by atoms with E-state index in [0.29, 0.717) is 24.9 Å². The number of rotatable bonds is 7. The number of benzene rings is 1. The highest BCUT2D eigenvalue weighted by Gasteiger charge is 2.21. The van der Waals surface area contributed by atoms with E-state index in [4.69, 9.17) is 0 Å². The second-order valence-electron chi connectivity index (χ2n) is 8.78. The summed E-state index contributed by atoms with van der Waals surface area (Å²) in [7, 11) is 0. The summed E-state index contributed by atoms with van der Waals surface area (Å²) in [6.07, 6.45) is 5.09. The van der Waals surface area contributed by atoms with Crippen molar-refractivity contribution < 1.29 is 4.79 Å². The van der Waals surface area contributed by atoms with Crippen LogP contribution in [0.1, 0.15) is 51.5 Å². The van der Waals surface area contributed by atoms with E-state index in [1.807, 2.05) is 4.90 Å². The maximum Gasteiger partial charge on any atom is 0.224 e. The van der Waals surface area contributed by atoms with Crippen LogP contribution >= 0.6 is 0 Å². The molecular formula is C24H39N5O. The van der Waals surface area contributed by atoms with Gasteiger partial charge in [0.1, 0.15) is 0 Å². The molecule has 2 aliphatic heterocycles. The lowest BCUT2D eigenvalue weighted by molar-refractivity contribution is -0.132. The summed E-state index contributed by atoms with van der Waals surface area (Å²) < 4.78 is 0. The van der Waals surface area contributed by atoms with Crippen molar-refractivity contribution in [2.75, 3.05) is 39.3 Å². The maximum absolute atomic E-state index is 12.5. The molecule has 1 aromatic carbocycles. The summed E-state index contributed by atoms with van der Waals surface area (Å²) in [5, 5.41) is 6.93. The van der Waals surface area contributed by atoms with Crippen molar-refractivity contribution in [2.45, 2.75) is 58.5 Å². The molecule has 6 nitrogen and oxygen atoms in total. The highest BCUT2D eigenvalue weighted by Crippen LogP contribution is 2.16. The highest BCUT2D eigenvalue weighted by atomic mass is 16.2. The molecule has 0 aromatic heterocycles. The Morgan fingerprint density at radius 3 is 2.60 bits per heavy atom. The van der Waals surface area contributed by atoms with E-state index in [9.17, 15) is 4.79 Å². The Morgan fingerprint density at radius 1 is 1.13 bits per heavy atom. The summed E-state index contributed by atoms with van der Waals surface area (Å²) in [5.41, 5.74) is 1.38. The number of amides is 1. The van der Waals surface area contributed by atoms with Crippen LogP contribution in [-0.2, 0) is 11.3 Å². The Labute approximate surface area is 182 Å². The van der Waals surface area contributed by atoms with Gasteiger partial charge in [-0.05, 0) is 44.1 Å². The van der Waals surface area contributed by atoms with E-state index in [2.05, 4.69) is 64.7 Å². The molecule has 166 valence electrons. The molecule has 2 saturated heterocycles. The van der Waals surface area contributed by atoms with Gasteiger partial charge in [-0.2, -0.15) is 0 Å². The predicted molar refractivity (Wildman–Crippen MR) is 123 cm³/mol. The van der Waals surface area contributed by atoms with Gasteiger partial charge < -0.3 is 15.5 Å². The number of piperidine rings is 2. The zero-order valence-corrected chi connectivity index (χ0v) is 18.8. The first-order valence-corrected chi connectivity index (χ1v) is 11.7. The lowest BCUT2D eigenvalue weighted by atomic mass is 10.00. The Balaban J connectivity index is 1.41. The Morgan fingerprint density at radius 2 is 1.90 bits per heavy atom. The molecule has 0 aliphatic carbocycles. The number of hydrogen-bond acceptors (Lipinski definition) is 3. The third-order valence-corrected chi connectivity index (χ3v) is 6.13. The van der Waals surface area contributed by atoms with Crippen LogP contribution < -0.4 is 10.6 Å². The summed E-state index contributed by atoms with van der Waals surface area (Å²) >= 11 is 0. The van der Waals surface area contributed by atoms with Crippen LogP contribution in [0.25, 0.3) is 0 Å².